The summed E-state index contributed by atoms with van der Waals surface area (Å²) in [5.41, 5.74) is 0.834. The quantitative estimate of drug-likeness (QED) is 0.520. The normalized spacial score (nSPS) is 12.2. The second kappa shape index (κ2) is 8.30. The monoisotopic (exact) mass is 430 g/mol. The Morgan fingerprint density at radius 1 is 0.821 bits per heavy atom. The Labute approximate surface area is 177 Å². The average Bonchev–Trinajstić information content (AvgIpc) is 2.67. The second-order valence-corrected chi connectivity index (χ2v) is 13.0. The van der Waals surface area contributed by atoms with Crippen molar-refractivity contribution in [2.45, 2.75) is 32.4 Å². The van der Waals surface area contributed by atoms with Gasteiger partial charge in [0.05, 0.1) is 16.7 Å². The first-order valence-electron chi connectivity index (χ1n) is 9.17. The summed E-state index contributed by atoms with van der Waals surface area (Å²) in [4.78, 5) is 0. The van der Waals surface area contributed by atoms with Crippen LogP contribution in [0.25, 0.3) is 0 Å². The lowest BCUT2D eigenvalue weighted by Gasteiger charge is -2.43. The SMILES string of the molecule is CC(C)(C)[Si](OCc1cc(Cl)c(O)c(Cl)c1)(c1ccccc1)c1ccccc1. The Morgan fingerprint density at radius 2 is 1.25 bits per heavy atom. The van der Waals surface area contributed by atoms with Gasteiger partial charge in [0.25, 0.3) is 8.32 Å². The lowest BCUT2D eigenvalue weighted by molar-refractivity contribution is 0.286. The molecule has 0 radical (unpaired) electrons. The lowest BCUT2D eigenvalue weighted by Crippen LogP contribution is -2.66. The molecule has 1 N–H and O–H groups in total. The Bertz CT molecular complexity index is 875. The van der Waals surface area contributed by atoms with Crippen LogP contribution in [-0.2, 0) is 11.0 Å². The number of aromatic hydroxyl groups is 1. The third-order valence-electron chi connectivity index (χ3n) is 4.95. The molecule has 0 amide bonds. The molecule has 3 aromatic carbocycles. The molecule has 0 saturated heterocycles. The van der Waals surface area contributed by atoms with Gasteiger partial charge in [0.15, 0.2) is 5.75 Å². The van der Waals surface area contributed by atoms with Crippen molar-refractivity contribution in [1.29, 1.82) is 0 Å². The molecule has 5 heteroatoms. The van der Waals surface area contributed by atoms with E-state index >= 15 is 0 Å². The molecule has 0 spiro atoms. The number of phenols is 1. The number of halogens is 2. The molecule has 0 aliphatic rings. The van der Waals surface area contributed by atoms with E-state index in [2.05, 4.69) is 69.3 Å². The van der Waals surface area contributed by atoms with Crippen molar-refractivity contribution in [2.75, 3.05) is 0 Å². The van der Waals surface area contributed by atoms with Gasteiger partial charge in [-0.15, -0.1) is 0 Å². The van der Waals surface area contributed by atoms with Crippen LogP contribution in [0.2, 0.25) is 15.1 Å². The van der Waals surface area contributed by atoms with E-state index in [9.17, 15) is 5.11 Å². The van der Waals surface area contributed by atoms with E-state index in [-0.39, 0.29) is 20.8 Å². The predicted molar refractivity (Wildman–Crippen MR) is 121 cm³/mol. The van der Waals surface area contributed by atoms with Gasteiger partial charge in [0, 0.05) is 0 Å². The first-order valence-corrected chi connectivity index (χ1v) is 11.8. The predicted octanol–water partition coefficient (Wildman–Crippen LogP) is 5.78. The number of rotatable bonds is 5. The third-order valence-corrected chi connectivity index (χ3v) is 10.5. The summed E-state index contributed by atoms with van der Waals surface area (Å²) in [6, 6.07) is 24.3. The van der Waals surface area contributed by atoms with Crippen LogP contribution in [-0.4, -0.2) is 13.4 Å². The van der Waals surface area contributed by atoms with Crippen molar-refractivity contribution in [3.8, 4) is 5.75 Å². The fourth-order valence-electron chi connectivity index (χ4n) is 3.65. The van der Waals surface area contributed by atoms with Crippen molar-refractivity contribution in [1.82, 2.24) is 0 Å². The maximum absolute atomic E-state index is 9.85. The van der Waals surface area contributed by atoms with E-state index < -0.39 is 8.32 Å². The molecule has 0 atom stereocenters. The molecule has 0 heterocycles. The fraction of sp³-hybridized carbons (Fsp3) is 0.217. The van der Waals surface area contributed by atoms with E-state index in [1.54, 1.807) is 12.1 Å². The van der Waals surface area contributed by atoms with Gasteiger partial charge in [-0.3, -0.25) is 0 Å². The van der Waals surface area contributed by atoms with Gasteiger partial charge in [0.1, 0.15) is 0 Å². The van der Waals surface area contributed by atoms with Crippen LogP contribution in [0.4, 0.5) is 0 Å². The molecule has 0 aromatic heterocycles. The molecule has 146 valence electrons. The van der Waals surface area contributed by atoms with E-state index in [0.717, 1.165) is 5.56 Å². The summed E-state index contributed by atoms with van der Waals surface area (Å²) in [5, 5.41) is 12.6. The smallest absolute Gasteiger partial charge is 0.261 e. The van der Waals surface area contributed by atoms with E-state index in [1.807, 2.05) is 12.1 Å². The minimum absolute atomic E-state index is 0.0995. The topological polar surface area (TPSA) is 29.5 Å². The van der Waals surface area contributed by atoms with Crippen molar-refractivity contribution in [2.24, 2.45) is 0 Å². The Morgan fingerprint density at radius 3 is 1.64 bits per heavy atom. The minimum atomic E-state index is -2.63. The summed E-state index contributed by atoms with van der Waals surface area (Å²) in [6.07, 6.45) is 0. The van der Waals surface area contributed by atoms with Gasteiger partial charge < -0.3 is 9.53 Å². The highest BCUT2D eigenvalue weighted by Crippen LogP contribution is 2.38. The molecule has 2 nitrogen and oxygen atoms in total. The fourth-order valence-corrected chi connectivity index (χ4v) is 8.73. The summed E-state index contributed by atoms with van der Waals surface area (Å²) in [6.45, 7) is 7.05. The zero-order valence-electron chi connectivity index (χ0n) is 16.2. The highest BCUT2D eigenvalue weighted by molar-refractivity contribution is 6.99. The number of hydrogen-bond acceptors (Lipinski definition) is 2. The largest absolute Gasteiger partial charge is 0.505 e. The molecule has 0 fully saturated rings. The maximum atomic E-state index is 9.85. The molecule has 28 heavy (non-hydrogen) atoms. The van der Waals surface area contributed by atoms with E-state index in [0.29, 0.717) is 6.61 Å². The van der Waals surface area contributed by atoms with Crippen LogP contribution in [0.15, 0.2) is 72.8 Å². The van der Waals surface area contributed by atoms with E-state index in [1.165, 1.54) is 10.4 Å². The number of benzene rings is 3. The third kappa shape index (κ3) is 3.99. The van der Waals surface area contributed by atoms with Crippen molar-refractivity contribution < 1.29 is 9.53 Å². The van der Waals surface area contributed by atoms with Gasteiger partial charge in [-0.25, -0.2) is 0 Å². The van der Waals surface area contributed by atoms with Gasteiger partial charge in [-0.05, 0) is 33.1 Å². The van der Waals surface area contributed by atoms with Crippen LogP contribution in [0.5, 0.6) is 5.75 Å². The Kier molecular flexibility index (Phi) is 6.21. The molecular weight excluding hydrogens is 407 g/mol. The first kappa shape index (κ1) is 20.9. The zero-order valence-corrected chi connectivity index (χ0v) is 18.8. The molecule has 0 saturated carbocycles. The molecule has 0 unspecified atom stereocenters. The molecular formula is C23H24Cl2O2Si. The van der Waals surface area contributed by atoms with Crippen LogP contribution < -0.4 is 10.4 Å². The molecule has 0 aliphatic carbocycles. The highest BCUT2D eigenvalue weighted by Gasteiger charge is 2.50. The molecule has 0 aliphatic heterocycles. The van der Waals surface area contributed by atoms with Gasteiger partial charge in [-0.2, -0.15) is 0 Å². The van der Waals surface area contributed by atoms with Crippen molar-refractivity contribution in [3.05, 3.63) is 88.4 Å². The van der Waals surface area contributed by atoms with Crippen molar-refractivity contribution in [3.63, 3.8) is 0 Å². The second-order valence-electron chi connectivity index (χ2n) is 7.86. The average molecular weight is 431 g/mol. The summed E-state index contributed by atoms with van der Waals surface area (Å²) in [7, 11) is -2.63. The van der Waals surface area contributed by atoms with Crippen LogP contribution in [0, 0.1) is 0 Å². The Balaban J connectivity index is 2.11. The van der Waals surface area contributed by atoms with Crippen molar-refractivity contribution >= 4 is 41.9 Å². The summed E-state index contributed by atoms with van der Waals surface area (Å²) < 4.78 is 6.84. The first-order chi connectivity index (χ1) is 13.3. The van der Waals surface area contributed by atoms with Gasteiger partial charge >= 0.3 is 0 Å². The lowest BCUT2D eigenvalue weighted by atomic mass is 10.2. The van der Waals surface area contributed by atoms with E-state index in [4.69, 9.17) is 27.6 Å². The van der Waals surface area contributed by atoms with Crippen LogP contribution in [0.3, 0.4) is 0 Å². The zero-order chi connectivity index (χ0) is 20.4. The number of hydrogen-bond donors (Lipinski definition) is 1. The van der Waals surface area contributed by atoms with Crippen LogP contribution in [0.1, 0.15) is 26.3 Å². The molecule has 3 aromatic rings. The van der Waals surface area contributed by atoms with Gasteiger partial charge in [0.2, 0.25) is 0 Å². The standard InChI is InChI=1S/C23H24Cl2O2Si/c1-23(2,3)28(18-10-6-4-7-11-18,19-12-8-5-9-13-19)27-16-17-14-20(24)22(26)21(25)15-17/h4-15,26H,16H2,1-3H3. The number of phenolic OH excluding ortho intramolecular Hbond substituents is 1. The minimum Gasteiger partial charge on any atom is -0.505 e. The summed E-state index contributed by atoms with van der Waals surface area (Å²) in [5.74, 6) is -0.0995. The van der Waals surface area contributed by atoms with Gasteiger partial charge in [-0.1, -0.05) is 105 Å². The maximum Gasteiger partial charge on any atom is 0.261 e. The molecule has 0 bridgehead atoms. The summed E-state index contributed by atoms with van der Waals surface area (Å²) >= 11 is 12.2. The molecule has 3 rings (SSSR count). The highest BCUT2D eigenvalue weighted by atomic mass is 35.5. The van der Waals surface area contributed by atoms with Crippen LogP contribution >= 0.6 is 23.2 Å². The Hall–Kier alpha value is -1.78.